The van der Waals surface area contributed by atoms with Crippen LogP contribution in [0.2, 0.25) is 0 Å². The second-order valence-corrected chi connectivity index (χ2v) is 8.96. The molecule has 0 bridgehead atoms. The second-order valence-electron chi connectivity index (χ2n) is 8.96. The molecule has 0 radical (unpaired) electrons. The van der Waals surface area contributed by atoms with E-state index in [1.54, 1.807) is 0 Å². The first-order valence-corrected chi connectivity index (χ1v) is 10.6. The Labute approximate surface area is 172 Å². The fourth-order valence-corrected chi connectivity index (χ4v) is 4.51. The smallest absolute Gasteiger partial charge is 0.159 e. The van der Waals surface area contributed by atoms with Crippen molar-refractivity contribution in [2.75, 3.05) is 0 Å². The molecule has 0 N–H and O–H groups in total. The normalized spacial score (nSPS) is 20.6. The molecule has 1 atom stereocenters. The quantitative estimate of drug-likeness (QED) is 0.494. The van der Waals surface area contributed by atoms with Crippen molar-refractivity contribution in [3.8, 4) is 16.9 Å². The van der Waals surface area contributed by atoms with Crippen molar-refractivity contribution in [1.82, 2.24) is 9.55 Å². The molecule has 0 amide bonds. The lowest BCUT2D eigenvalue weighted by atomic mass is 9.72. The summed E-state index contributed by atoms with van der Waals surface area (Å²) in [4.78, 5) is 10.3. The van der Waals surface area contributed by atoms with E-state index < -0.39 is 0 Å². The fourth-order valence-electron chi connectivity index (χ4n) is 4.51. The molecule has 1 aliphatic heterocycles. The van der Waals surface area contributed by atoms with Gasteiger partial charge in [0.05, 0.1) is 17.4 Å². The lowest BCUT2D eigenvalue weighted by molar-refractivity contribution is 0.258. The number of allylic oxidation sites excluding steroid dienone is 1. The molecule has 2 aromatic carbocycles. The van der Waals surface area contributed by atoms with Crippen LogP contribution in [0.25, 0.3) is 16.9 Å². The van der Waals surface area contributed by atoms with E-state index in [2.05, 4.69) is 85.3 Å². The third kappa shape index (κ3) is 3.57. The van der Waals surface area contributed by atoms with Gasteiger partial charge in [0, 0.05) is 23.9 Å². The van der Waals surface area contributed by atoms with Gasteiger partial charge in [0.2, 0.25) is 0 Å². The Morgan fingerprint density at radius 3 is 2.45 bits per heavy atom. The summed E-state index contributed by atoms with van der Waals surface area (Å²) >= 11 is 0. The zero-order valence-electron chi connectivity index (χ0n) is 17.2. The second kappa shape index (κ2) is 7.14. The Bertz CT molecular complexity index is 1070. The predicted octanol–water partition coefficient (Wildman–Crippen LogP) is 6.24. The molecule has 3 nitrogen and oxygen atoms in total. The summed E-state index contributed by atoms with van der Waals surface area (Å²) in [6.07, 6.45) is 8.99. The van der Waals surface area contributed by atoms with Crippen LogP contribution in [0.1, 0.15) is 45.4 Å². The maximum Gasteiger partial charge on any atom is 0.159 e. The Morgan fingerprint density at radius 2 is 1.69 bits per heavy atom. The number of fused-ring (bicyclic) bond motifs is 1. The molecule has 2 heterocycles. The molecule has 2 aliphatic rings. The summed E-state index contributed by atoms with van der Waals surface area (Å²) in [5.41, 5.74) is 6.23. The lowest BCUT2D eigenvalue weighted by Gasteiger charge is -2.37. The third-order valence-corrected chi connectivity index (χ3v) is 6.20. The van der Waals surface area contributed by atoms with Gasteiger partial charge in [0.25, 0.3) is 0 Å². The van der Waals surface area contributed by atoms with E-state index in [4.69, 9.17) is 9.98 Å². The number of hydrogen-bond acceptors (Lipinski definition) is 2. The standard InChI is InChI=1S/C26H27N3/c1-26(2)16-15-20-13-14-22(27-23(20)17-26)25-28-24(19-9-5-3-6-10-19)18-29(25)21-11-7-4-8-12-21/h3-13,18,23H,14-17H2,1-2H3. The highest BCUT2D eigenvalue weighted by atomic mass is 15.1. The zero-order chi connectivity index (χ0) is 19.8. The number of aliphatic imine (C=N–C) groups is 1. The number of hydrogen-bond donors (Lipinski definition) is 0. The van der Waals surface area contributed by atoms with Gasteiger partial charge in [-0.25, -0.2) is 4.98 Å². The van der Waals surface area contributed by atoms with Crippen molar-refractivity contribution < 1.29 is 0 Å². The molecule has 1 aromatic heterocycles. The number of dihydropyridines is 1. The van der Waals surface area contributed by atoms with Crippen molar-refractivity contribution in [3.05, 3.63) is 84.3 Å². The van der Waals surface area contributed by atoms with E-state index in [0.29, 0.717) is 11.5 Å². The Balaban J connectivity index is 1.59. The highest BCUT2D eigenvalue weighted by Gasteiger charge is 2.33. The number of nitrogens with zero attached hydrogens (tertiary/aromatic N) is 3. The predicted molar refractivity (Wildman–Crippen MR) is 120 cm³/mol. The molecule has 5 rings (SSSR count). The van der Waals surface area contributed by atoms with Crippen LogP contribution in [0, 0.1) is 5.41 Å². The monoisotopic (exact) mass is 381 g/mol. The van der Waals surface area contributed by atoms with Gasteiger partial charge < -0.3 is 0 Å². The summed E-state index contributed by atoms with van der Waals surface area (Å²) in [5.74, 6) is 0.966. The van der Waals surface area contributed by atoms with Crippen molar-refractivity contribution in [3.63, 3.8) is 0 Å². The highest BCUT2D eigenvalue weighted by molar-refractivity contribution is 6.00. The first kappa shape index (κ1) is 18.1. The topological polar surface area (TPSA) is 30.2 Å². The lowest BCUT2D eigenvalue weighted by Crippen LogP contribution is -2.30. The summed E-state index contributed by atoms with van der Waals surface area (Å²) in [6, 6.07) is 21.2. The molecule has 146 valence electrons. The summed E-state index contributed by atoms with van der Waals surface area (Å²) in [6.45, 7) is 4.73. The zero-order valence-corrected chi connectivity index (χ0v) is 17.2. The Hall–Kier alpha value is -2.94. The van der Waals surface area contributed by atoms with Gasteiger partial charge in [-0.15, -0.1) is 0 Å². The molecule has 1 saturated carbocycles. The van der Waals surface area contributed by atoms with Crippen LogP contribution < -0.4 is 0 Å². The van der Waals surface area contributed by atoms with E-state index >= 15 is 0 Å². The average Bonchev–Trinajstić information content (AvgIpc) is 3.19. The minimum Gasteiger partial charge on any atom is -0.298 e. The van der Waals surface area contributed by atoms with Crippen LogP contribution in [0.4, 0.5) is 0 Å². The van der Waals surface area contributed by atoms with Gasteiger partial charge in [0.15, 0.2) is 5.82 Å². The van der Waals surface area contributed by atoms with Gasteiger partial charge in [0.1, 0.15) is 0 Å². The maximum absolute atomic E-state index is 5.23. The van der Waals surface area contributed by atoms with Crippen molar-refractivity contribution in [2.45, 2.75) is 45.6 Å². The molecular weight excluding hydrogens is 354 g/mol. The third-order valence-electron chi connectivity index (χ3n) is 6.20. The fraction of sp³-hybridized carbons (Fsp3) is 0.308. The minimum absolute atomic E-state index is 0.309. The molecule has 1 unspecified atom stereocenters. The van der Waals surface area contributed by atoms with Crippen LogP contribution >= 0.6 is 0 Å². The van der Waals surface area contributed by atoms with Gasteiger partial charge >= 0.3 is 0 Å². The number of benzene rings is 2. The Kier molecular flexibility index (Phi) is 4.46. The first-order valence-electron chi connectivity index (χ1n) is 10.6. The Morgan fingerprint density at radius 1 is 0.966 bits per heavy atom. The summed E-state index contributed by atoms with van der Waals surface area (Å²) < 4.78 is 2.20. The minimum atomic E-state index is 0.309. The van der Waals surface area contributed by atoms with Crippen molar-refractivity contribution in [1.29, 1.82) is 0 Å². The molecular formula is C26H27N3. The molecule has 1 fully saturated rings. The summed E-state index contributed by atoms with van der Waals surface area (Å²) in [7, 11) is 0. The molecule has 1 aliphatic carbocycles. The van der Waals surface area contributed by atoms with E-state index in [9.17, 15) is 0 Å². The van der Waals surface area contributed by atoms with E-state index in [1.165, 1.54) is 18.4 Å². The van der Waals surface area contributed by atoms with E-state index in [0.717, 1.165) is 41.3 Å². The van der Waals surface area contributed by atoms with Gasteiger partial charge in [-0.05, 0) is 42.4 Å². The van der Waals surface area contributed by atoms with Crippen molar-refractivity contribution in [2.24, 2.45) is 10.4 Å². The molecule has 0 saturated heterocycles. The van der Waals surface area contributed by atoms with Gasteiger partial charge in [-0.3, -0.25) is 9.56 Å². The van der Waals surface area contributed by atoms with E-state index in [1.807, 2.05) is 6.07 Å². The van der Waals surface area contributed by atoms with Crippen LogP contribution in [-0.2, 0) is 0 Å². The van der Waals surface area contributed by atoms with Crippen LogP contribution in [0.5, 0.6) is 0 Å². The van der Waals surface area contributed by atoms with E-state index in [-0.39, 0.29) is 0 Å². The van der Waals surface area contributed by atoms with Crippen LogP contribution in [0.15, 0.2) is 83.5 Å². The molecule has 3 heteroatoms. The summed E-state index contributed by atoms with van der Waals surface area (Å²) in [5, 5.41) is 0. The van der Waals surface area contributed by atoms with Gasteiger partial charge in [-0.2, -0.15) is 0 Å². The van der Waals surface area contributed by atoms with Crippen LogP contribution in [0.3, 0.4) is 0 Å². The molecule has 3 aromatic rings. The average molecular weight is 382 g/mol. The van der Waals surface area contributed by atoms with Crippen LogP contribution in [-0.4, -0.2) is 21.3 Å². The van der Waals surface area contributed by atoms with Crippen molar-refractivity contribution >= 4 is 5.71 Å². The number of rotatable bonds is 3. The number of imidazole rings is 1. The molecule has 0 spiro atoms. The largest absolute Gasteiger partial charge is 0.298 e. The highest BCUT2D eigenvalue weighted by Crippen LogP contribution is 2.41. The first-order chi connectivity index (χ1) is 14.1. The number of para-hydroxylation sites is 1. The molecule has 29 heavy (non-hydrogen) atoms. The SMILES string of the molecule is CC1(C)CCC2=CCC(c3nc(-c4ccccc4)cn3-c3ccccc3)=NC2C1. The maximum atomic E-state index is 5.23. The number of aromatic nitrogens is 2. The van der Waals surface area contributed by atoms with Gasteiger partial charge in [-0.1, -0.05) is 68.5 Å².